The first-order valence-corrected chi connectivity index (χ1v) is 8.01. The average Bonchev–Trinajstić information content (AvgIpc) is 2.65. The molecule has 0 aliphatic rings. The van der Waals surface area contributed by atoms with Crippen LogP contribution in [0.1, 0.15) is 22.8 Å². The molecule has 6 nitrogen and oxygen atoms in total. The zero-order valence-electron chi connectivity index (χ0n) is 14.6. The summed E-state index contributed by atoms with van der Waals surface area (Å²) in [6.45, 7) is 1.37. The summed E-state index contributed by atoms with van der Waals surface area (Å²) >= 11 is 0. The van der Waals surface area contributed by atoms with Gasteiger partial charge in [0, 0.05) is 25.2 Å². The van der Waals surface area contributed by atoms with Crippen LogP contribution in [0, 0.1) is 0 Å². The van der Waals surface area contributed by atoms with E-state index in [0.29, 0.717) is 17.0 Å². The van der Waals surface area contributed by atoms with Crippen LogP contribution >= 0.6 is 0 Å². The Kier molecular flexibility index (Phi) is 6.68. The standard InChI is InChI=1S/C20H20N2O4/c1-14(23)22-17-8-3-15(4-9-17)5-12-19(24)16-6-10-18(11-7-16)26-13-20(25)21-2/h3-12H,13H2,1-2H3,(H,21,25)(H,22,23)/b12-5+. The molecule has 0 fully saturated rings. The molecule has 2 N–H and O–H groups in total. The number of ketones is 1. The molecule has 134 valence electrons. The van der Waals surface area contributed by atoms with Crippen molar-refractivity contribution in [2.45, 2.75) is 6.92 Å². The van der Waals surface area contributed by atoms with E-state index in [2.05, 4.69) is 10.6 Å². The lowest BCUT2D eigenvalue weighted by Crippen LogP contribution is -2.24. The number of amides is 2. The van der Waals surface area contributed by atoms with Crippen LogP contribution in [-0.4, -0.2) is 31.3 Å². The fraction of sp³-hybridized carbons (Fsp3) is 0.150. The third-order valence-corrected chi connectivity index (χ3v) is 3.45. The lowest BCUT2D eigenvalue weighted by atomic mass is 10.1. The smallest absolute Gasteiger partial charge is 0.257 e. The van der Waals surface area contributed by atoms with E-state index >= 15 is 0 Å². The SMILES string of the molecule is CNC(=O)COc1ccc(C(=O)/C=C/c2ccc(NC(C)=O)cc2)cc1. The molecule has 2 aromatic carbocycles. The topological polar surface area (TPSA) is 84.5 Å². The molecular formula is C20H20N2O4. The predicted molar refractivity (Wildman–Crippen MR) is 100 cm³/mol. The number of ether oxygens (including phenoxy) is 1. The third-order valence-electron chi connectivity index (χ3n) is 3.45. The van der Waals surface area contributed by atoms with Crippen molar-refractivity contribution in [3.05, 3.63) is 65.7 Å². The fourth-order valence-electron chi connectivity index (χ4n) is 2.09. The highest BCUT2D eigenvalue weighted by Gasteiger charge is 2.04. The molecule has 0 aliphatic heterocycles. The van der Waals surface area contributed by atoms with Crippen molar-refractivity contribution in [3.63, 3.8) is 0 Å². The van der Waals surface area contributed by atoms with Gasteiger partial charge in [0.2, 0.25) is 5.91 Å². The van der Waals surface area contributed by atoms with Gasteiger partial charge in [-0.05, 0) is 48.0 Å². The normalized spacial score (nSPS) is 10.4. The van der Waals surface area contributed by atoms with E-state index in [1.165, 1.54) is 20.0 Å². The molecule has 0 heterocycles. The molecule has 6 heteroatoms. The number of hydrogen-bond donors (Lipinski definition) is 2. The zero-order valence-corrected chi connectivity index (χ0v) is 14.6. The number of hydrogen-bond acceptors (Lipinski definition) is 4. The summed E-state index contributed by atoms with van der Waals surface area (Å²) in [4.78, 5) is 34.3. The Morgan fingerprint density at radius 2 is 1.65 bits per heavy atom. The highest BCUT2D eigenvalue weighted by Crippen LogP contribution is 2.14. The van der Waals surface area contributed by atoms with E-state index in [9.17, 15) is 14.4 Å². The van der Waals surface area contributed by atoms with Crippen molar-refractivity contribution in [3.8, 4) is 5.75 Å². The second-order valence-electron chi connectivity index (χ2n) is 5.49. The van der Waals surface area contributed by atoms with E-state index in [1.54, 1.807) is 42.5 Å². The summed E-state index contributed by atoms with van der Waals surface area (Å²) in [5, 5.41) is 5.14. The number of allylic oxidation sites excluding steroid dienone is 1. The molecule has 2 rings (SSSR count). The Labute approximate surface area is 151 Å². The summed E-state index contributed by atoms with van der Waals surface area (Å²) in [7, 11) is 1.53. The Bertz CT molecular complexity index is 809. The van der Waals surface area contributed by atoms with Crippen LogP contribution in [0.4, 0.5) is 5.69 Å². The number of likely N-dealkylation sites (N-methyl/N-ethyl adjacent to an activating group) is 1. The van der Waals surface area contributed by atoms with Gasteiger partial charge >= 0.3 is 0 Å². The maximum atomic E-state index is 12.2. The van der Waals surface area contributed by atoms with E-state index in [0.717, 1.165) is 5.56 Å². The summed E-state index contributed by atoms with van der Waals surface area (Å²) in [5.74, 6) is 0.0142. The molecule has 0 saturated heterocycles. The second-order valence-corrected chi connectivity index (χ2v) is 5.49. The van der Waals surface area contributed by atoms with Crippen LogP contribution in [0.25, 0.3) is 6.08 Å². The number of benzene rings is 2. The lowest BCUT2D eigenvalue weighted by Gasteiger charge is -2.05. The van der Waals surface area contributed by atoms with Gasteiger partial charge in [-0.3, -0.25) is 14.4 Å². The summed E-state index contributed by atoms with van der Waals surface area (Å²) < 4.78 is 5.29. The van der Waals surface area contributed by atoms with Crippen molar-refractivity contribution in [1.29, 1.82) is 0 Å². The molecule has 0 unspecified atom stereocenters. The van der Waals surface area contributed by atoms with Crippen molar-refractivity contribution >= 4 is 29.4 Å². The molecule has 0 aliphatic carbocycles. The summed E-state index contributed by atoms with van der Waals surface area (Å²) in [6, 6.07) is 13.7. The first kappa shape index (κ1) is 18.9. The van der Waals surface area contributed by atoms with Gasteiger partial charge in [-0.2, -0.15) is 0 Å². The van der Waals surface area contributed by atoms with Gasteiger partial charge in [-0.25, -0.2) is 0 Å². The predicted octanol–water partition coefficient (Wildman–Crippen LogP) is 2.67. The molecule has 0 atom stereocenters. The van der Waals surface area contributed by atoms with Gasteiger partial charge < -0.3 is 15.4 Å². The minimum atomic E-state index is -0.224. The van der Waals surface area contributed by atoms with E-state index < -0.39 is 0 Å². The highest BCUT2D eigenvalue weighted by molar-refractivity contribution is 6.06. The van der Waals surface area contributed by atoms with Gasteiger partial charge in [-0.15, -0.1) is 0 Å². The van der Waals surface area contributed by atoms with Gasteiger partial charge in [0.05, 0.1) is 0 Å². The molecule has 0 radical (unpaired) electrons. The van der Waals surface area contributed by atoms with Crippen LogP contribution in [0.2, 0.25) is 0 Å². The average molecular weight is 352 g/mol. The van der Waals surface area contributed by atoms with Crippen molar-refractivity contribution < 1.29 is 19.1 Å². The van der Waals surface area contributed by atoms with Crippen molar-refractivity contribution in [2.24, 2.45) is 0 Å². The maximum absolute atomic E-state index is 12.2. The molecule has 0 aromatic heterocycles. The number of carbonyl (C=O) groups is 3. The van der Waals surface area contributed by atoms with Crippen LogP contribution < -0.4 is 15.4 Å². The number of nitrogens with one attached hydrogen (secondary N) is 2. The second kappa shape index (κ2) is 9.17. The van der Waals surface area contributed by atoms with E-state index in [1.807, 2.05) is 12.1 Å². The lowest BCUT2D eigenvalue weighted by molar-refractivity contribution is -0.122. The Morgan fingerprint density at radius 1 is 1.00 bits per heavy atom. The molecular weight excluding hydrogens is 332 g/mol. The number of anilines is 1. The third kappa shape index (κ3) is 5.90. The highest BCUT2D eigenvalue weighted by atomic mass is 16.5. The molecule has 0 saturated carbocycles. The maximum Gasteiger partial charge on any atom is 0.257 e. The van der Waals surface area contributed by atoms with Crippen LogP contribution in [0.15, 0.2) is 54.6 Å². The zero-order chi connectivity index (χ0) is 18.9. The summed E-state index contributed by atoms with van der Waals surface area (Å²) in [5.41, 5.74) is 2.06. The number of carbonyl (C=O) groups excluding carboxylic acids is 3. The molecule has 2 aromatic rings. The quantitative estimate of drug-likeness (QED) is 0.593. The monoisotopic (exact) mass is 352 g/mol. The molecule has 26 heavy (non-hydrogen) atoms. The molecule has 0 spiro atoms. The number of rotatable bonds is 7. The fourth-order valence-corrected chi connectivity index (χ4v) is 2.09. The first-order valence-electron chi connectivity index (χ1n) is 8.01. The van der Waals surface area contributed by atoms with E-state index in [4.69, 9.17) is 4.74 Å². The van der Waals surface area contributed by atoms with E-state index in [-0.39, 0.29) is 24.2 Å². The first-order chi connectivity index (χ1) is 12.5. The Hall–Kier alpha value is -3.41. The molecule has 2 amide bonds. The van der Waals surface area contributed by atoms with Crippen molar-refractivity contribution in [2.75, 3.05) is 19.0 Å². The van der Waals surface area contributed by atoms with Crippen molar-refractivity contribution in [1.82, 2.24) is 5.32 Å². The summed E-state index contributed by atoms with van der Waals surface area (Å²) in [6.07, 6.45) is 3.18. The minimum absolute atomic E-state index is 0.0713. The van der Waals surface area contributed by atoms with Crippen LogP contribution in [0.5, 0.6) is 5.75 Å². The van der Waals surface area contributed by atoms with Crippen LogP contribution in [0.3, 0.4) is 0 Å². The minimum Gasteiger partial charge on any atom is -0.484 e. The Balaban J connectivity index is 1.95. The van der Waals surface area contributed by atoms with Gasteiger partial charge in [0.1, 0.15) is 5.75 Å². The molecule has 0 bridgehead atoms. The largest absolute Gasteiger partial charge is 0.484 e. The van der Waals surface area contributed by atoms with Gasteiger partial charge in [0.25, 0.3) is 5.91 Å². The van der Waals surface area contributed by atoms with Crippen LogP contribution in [-0.2, 0) is 9.59 Å². The van der Waals surface area contributed by atoms with Gasteiger partial charge in [0.15, 0.2) is 12.4 Å². The van der Waals surface area contributed by atoms with Gasteiger partial charge in [-0.1, -0.05) is 18.2 Å². The Morgan fingerprint density at radius 3 is 2.23 bits per heavy atom.